The highest BCUT2D eigenvalue weighted by Gasteiger charge is 1.65. The molecule has 0 aliphatic rings. The molecule has 0 aromatic heterocycles. The predicted molar refractivity (Wildman–Crippen MR) is 101 cm³/mol. The van der Waals surface area contributed by atoms with E-state index in [-0.39, 0.29) is 0 Å². The van der Waals surface area contributed by atoms with Crippen LogP contribution in [0.15, 0.2) is 115 Å². The summed E-state index contributed by atoms with van der Waals surface area (Å²) < 4.78 is 0. The maximum atomic E-state index is 5.20. The van der Waals surface area contributed by atoms with Crippen LogP contribution in [0.3, 0.4) is 0 Å². The van der Waals surface area contributed by atoms with Gasteiger partial charge in [-0.1, -0.05) is 129 Å². The molecule has 0 nitrogen and oxygen atoms in total. The van der Waals surface area contributed by atoms with Gasteiger partial charge in [-0.15, -0.1) is 0 Å². The molecule has 0 saturated heterocycles. The van der Waals surface area contributed by atoms with Crippen molar-refractivity contribution >= 4 is 0 Å². The first-order valence-corrected chi connectivity index (χ1v) is 7.45. The lowest BCUT2D eigenvalue weighted by Crippen LogP contribution is -1.54. The number of hydrogen-bond donors (Lipinski definition) is 0. The van der Waals surface area contributed by atoms with Crippen LogP contribution in [0.4, 0.5) is 0 Å². The third-order valence-corrected chi connectivity index (χ3v) is 2.26. The van der Waals surface area contributed by atoms with E-state index in [1.165, 1.54) is 6.08 Å². The lowest BCUT2D eigenvalue weighted by molar-refractivity contribution is 1.22. The predicted octanol–water partition coefficient (Wildman–Crippen LogP) is 6.39. The molecule has 0 rings (SSSR count). The Morgan fingerprint density at radius 2 is 0.727 bits per heavy atom. The summed E-state index contributed by atoms with van der Waals surface area (Å²) in [5.41, 5.74) is 0. The van der Waals surface area contributed by atoms with Crippen LogP contribution in [0.1, 0.15) is 13.3 Å². The molecule has 0 spiro atoms. The van der Waals surface area contributed by atoms with Crippen LogP contribution < -0.4 is 0 Å². The third-order valence-electron chi connectivity index (χ3n) is 2.26. The van der Waals surface area contributed by atoms with E-state index < -0.39 is 0 Å². The second-order valence-electron chi connectivity index (χ2n) is 4.11. The molecule has 0 amide bonds. The van der Waals surface area contributed by atoms with Crippen LogP contribution in [0, 0.1) is 6.58 Å². The Hall–Kier alpha value is -2.60. The van der Waals surface area contributed by atoms with Crippen molar-refractivity contribution in [1.82, 2.24) is 0 Å². The molecule has 1 radical (unpaired) electrons. The molecule has 0 aromatic carbocycles. The van der Waals surface area contributed by atoms with Gasteiger partial charge in [-0.2, -0.15) is 0 Å². The van der Waals surface area contributed by atoms with Crippen LogP contribution >= 0.6 is 0 Å². The fourth-order valence-electron chi connectivity index (χ4n) is 1.24. The van der Waals surface area contributed by atoms with Crippen molar-refractivity contribution in [2.45, 2.75) is 13.3 Å². The highest BCUT2D eigenvalue weighted by molar-refractivity contribution is 5.22. The SMILES string of the molecule is [CH]=C/C=C/C=C/C=C/C=C/C=C/C=C/C=C/C=C/C=C/CC. The summed E-state index contributed by atoms with van der Waals surface area (Å²) >= 11 is 0. The zero-order valence-corrected chi connectivity index (χ0v) is 13.3. The van der Waals surface area contributed by atoms with Crippen molar-refractivity contribution in [3.63, 3.8) is 0 Å². The molecule has 0 saturated carbocycles. The summed E-state index contributed by atoms with van der Waals surface area (Å²) in [6, 6.07) is 0. The van der Waals surface area contributed by atoms with Gasteiger partial charge in [0.25, 0.3) is 0 Å². The molecule has 0 atom stereocenters. The number of rotatable bonds is 10. The standard InChI is InChI=1S/C22H25/c1-3-5-7-9-11-13-15-17-19-21-22-20-18-16-14-12-10-8-6-4-2/h1,3,5-22H,4H2,2H3/b3-1?,7-5+,8-6+,11-9+,12-10+,15-13+,16-14+,19-17+,20-18+,22-21+. The van der Waals surface area contributed by atoms with E-state index in [4.69, 9.17) is 6.58 Å². The molecule has 0 unspecified atom stereocenters. The van der Waals surface area contributed by atoms with E-state index in [1.807, 2.05) is 91.1 Å². The maximum Gasteiger partial charge on any atom is -0.0376 e. The van der Waals surface area contributed by atoms with Gasteiger partial charge in [-0.3, -0.25) is 0 Å². The molecule has 113 valence electrons. The highest BCUT2D eigenvalue weighted by atomic mass is 13.7. The lowest BCUT2D eigenvalue weighted by atomic mass is 10.3. The number of allylic oxidation sites excluding steroid dienone is 19. The molecule has 0 bridgehead atoms. The molecular weight excluding hydrogens is 264 g/mol. The Kier molecular flexibility index (Phi) is 16.2. The van der Waals surface area contributed by atoms with E-state index in [2.05, 4.69) is 19.1 Å². The van der Waals surface area contributed by atoms with Crippen molar-refractivity contribution in [2.75, 3.05) is 0 Å². The van der Waals surface area contributed by atoms with E-state index in [9.17, 15) is 0 Å². The summed E-state index contributed by atoms with van der Waals surface area (Å²) in [5.74, 6) is 0. The van der Waals surface area contributed by atoms with Gasteiger partial charge in [0.2, 0.25) is 0 Å². The third kappa shape index (κ3) is 17.4. The number of hydrogen-bond acceptors (Lipinski definition) is 0. The summed E-state index contributed by atoms with van der Waals surface area (Å²) in [6.45, 7) is 7.32. The molecule has 0 aromatic rings. The summed E-state index contributed by atoms with van der Waals surface area (Å²) in [6.07, 6.45) is 38.2. The van der Waals surface area contributed by atoms with Gasteiger partial charge < -0.3 is 0 Å². The summed E-state index contributed by atoms with van der Waals surface area (Å²) in [4.78, 5) is 0. The average Bonchev–Trinajstić information content (AvgIpc) is 2.54. The van der Waals surface area contributed by atoms with Crippen molar-refractivity contribution in [2.24, 2.45) is 0 Å². The topological polar surface area (TPSA) is 0 Å². The van der Waals surface area contributed by atoms with Gasteiger partial charge in [0.05, 0.1) is 0 Å². The molecule has 0 heteroatoms. The molecule has 0 fully saturated rings. The van der Waals surface area contributed by atoms with Gasteiger partial charge >= 0.3 is 0 Å². The molecular formula is C22H25. The van der Waals surface area contributed by atoms with Crippen LogP contribution in [0.25, 0.3) is 0 Å². The summed E-state index contributed by atoms with van der Waals surface area (Å²) in [5, 5.41) is 0. The smallest absolute Gasteiger partial charge is 0.0376 e. The Labute approximate surface area is 136 Å². The largest absolute Gasteiger partial charge is 0.0848 e. The van der Waals surface area contributed by atoms with Crippen molar-refractivity contribution in [3.05, 3.63) is 122 Å². The summed E-state index contributed by atoms with van der Waals surface area (Å²) in [7, 11) is 0. The van der Waals surface area contributed by atoms with Gasteiger partial charge in [-0.05, 0) is 6.42 Å². The van der Waals surface area contributed by atoms with Crippen molar-refractivity contribution in [1.29, 1.82) is 0 Å². The van der Waals surface area contributed by atoms with Crippen LogP contribution in [-0.4, -0.2) is 0 Å². The monoisotopic (exact) mass is 289 g/mol. The van der Waals surface area contributed by atoms with Crippen LogP contribution in [0.5, 0.6) is 0 Å². The molecule has 0 aliphatic carbocycles. The second kappa shape index (κ2) is 18.4. The zero-order valence-electron chi connectivity index (χ0n) is 13.3. The molecule has 0 heterocycles. The van der Waals surface area contributed by atoms with E-state index in [1.54, 1.807) is 6.08 Å². The Balaban J connectivity index is 3.87. The van der Waals surface area contributed by atoms with Gasteiger partial charge in [-0.25, -0.2) is 0 Å². The van der Waals surface area contributed by atoms with Gasteiger partial charge in [0.15, 0.2) is 0 Å². The van der Waals surface area contributed by atoms with E-state index >= 15 is 0 Å². The van der Waals surface area contributed by atoms with E-state index in [0.717, 1.165) is 6.42 Å². The maximum absolute atomic E-state index is 5.20. The first kappa shape index (κ1) is 19.4. The Morgan fingerprint density at radius 1 is 0.455 bits per heavy atom. The first-order chi connectivity index (χ1) is 10.9. The highest BCUT2D eigenvalue weighted by Crippen LogP contribution is 1.87. The van der Waals surface area contributed by atoms with Crippen LogP contribution in [-0.2, 0) is 0 Å². The quantitative estimate of drug-likeness (QED) is 0.409. The molecule has 0 aliphatic heterocycles. The Bertz CT molecular complexity index is 512. The zero-order chi connectivity index (χ0) is 16.1. The van der Waals surface area contributed by atoms with E-state index in [0.29, 0.717) is 0 Å². The first-order valence-electron chi connectivity index (χ1n) is 7.45. The Morgan fingerprint density at radius 3 is 1.00 bits per heavy atom. The van der Waals surface area contributed by atoms with Gasteiger partial charge in [0, 0.05) is 0 Å². The molecule has 0 N–H and O–H groups in total. The fraction of sp³-hybridized carbons (Fsp3) is 0.0909. The van der Waals surface area contributed by atoms with Crippen molar-refractivity contribution in [3.8, 4) is 0 Å². The van der Waals surface area contributed by atoms with Gasteiger partial charge in [0.1, 0.15) is 0 Å². The molecule has 22 heavy (non-hydrogen) atoms. The minimum absolute atomic E-state index is 1.07. The van der Waals surface area contributed by atoms with Crippen molar-refractivity contribution < 1.29 is 0 Å². The van der Waals surface area contributed by atoms with Crippen LogP contribution in [0.2, 0.25) is 0 Å². The fourth-order valence-corrected chi connectivity index (χ4v) is 1.24. The normalized spacial score (nSPS) is 14.2. The second-order valence-corrected chi connectivity index (χ2v) is 4.11. The minimum atomic E-state index is 1.07. The minimum Gasteiger partial charge on any atom is -0.0848 e. The lowest BCUT2D eigenvalue weighted by Gasteiger charge is -1.76. The average molecular weight is 289 g/mol.